The van der Waals surface area contributed by atoms with Gasteiger partial charge in [0.2, 0.25) is 0 Å². The molecule has 5 heteroatoms. The first kappa shape index (κ1) is 18.7. The highest BCUT2D eigenvalue weighted by molar-refractivity contribution is 5.94. The summed E-state index contributed by atoms with van der Waals surface area (Å²) in [5.41, 5.74) is 3.17. The summed E-state index contributed by atoms with van der Waals surface area (Å²) in [7, 11) is 0. The van der Waals surface area contributed by atoms with Gasteiger partial charge in [0.15, 0.2) is 0 Å². The van der Waals surface area contributed by atoms with Gasteiger partial charge in [-0.3, -0.25) is 4.79 Å². The third-order valence-electron chi connectivity index (χ3n) is 5.69. The summed E-state index contributed by atoms with van der Waals surface area (Å²) in [4.78, 5) is 17.9. The molecule has 0 bridgehead atoms. The van der Waals surface area contributed by atoms with E-state index < -0.39 is 0 Å². The minimum absolute atomic E-state index is 0.141. The van der Waals surface area contributed by atoms with Gasteiger partial charge < -0.3 is 15.2 Å². The third kappa shape index (κ3) is 4.25. The number of fused-ring (bicyclic) bond motifs is 1. The molecule has 4 rings (SSSR count). The Labute approximate surface area is 164 Å². The SMILES string of the molecule is O=C(NCCCN1CCC(c2c[nH]c3ccccc23)CC1)c1ccc(F)cc1. The summed E-state index contributed by atoms with van der Waals surface area (Å²) < 4.78 is 12.9. The van der Waals surface area contributed by atoms with E-state index in [0.29, 0.717) is 18.0 Å². The van der Waals surface area contributed by atoms with E-state index in [0.717, 1.165) is 26.1 Å². The number of hydrogen-bond acceptors (Lipinski definition) is 2. The van der Waals surface area contributed by atoms with Crippen LogP contribution in [-0.2, 0) is 0 Å². The molecule has 28 heavy (non-hydrogen) atoms. The van der Waals surface area contributed by atoms with Gasteiger partial charge in [0.05, 0.1) is 0 Å². The second kappa shape index (κ2) is 8.57. The van der Waals surface area contributed by atoms with Crippen molar-refractivity contribution in [1.29, 1.82) is 0 Å². The largest absolute Gasteiger partial charge is 0.361 e. The smallest absolute Gasteiger partial charge is 0.251 e. The van der Waals surface area contributed by atoms with Gasteiger partial charge in [-0.1, -0.05) is 18.2 Å². The Bertz CT molecular complexity index is 926. The van der Waals surface area contributed by atoms with Crippen molar-refractivity contribution < 1.29 is 9.18 Å². The number of likely N-dealkylation sites (tertiary alicyclic amines) is 1. The fraction of sp³-hybridized carbons (Fsp3) is 0.348. The zero-order valence-electron chi connectivity index (χ0n) is 16.0. The van der Waals surface area contributed by atoms with E-state index in [1.165, 1.54) is 53.6 Å². The number of carbonyl (C=O) groups is 1. The Balaban J connectivity index is 1.20. The van der Waals surface area contributed by atoms with Crippen LogP contribution in [0.5, 0.6) is 0 Å². The number of hydrogen-bond donors (Lipinski definition) is 2. The summed E-state index contributed by atoms with van der Waals surface area (Å²) in [6, 6.07) is 14.2. The van der Waals surface area contributed by atoms with Crippen LogP contribution in [0.25, 0.3) is 10.9 Å². The Morgan fingerprint density at radius 2 is 1.86 bits per heavy atom. The van der Waals surface area contributed by atoms with Crippen LogP contribution in [0.1, 0.15) is 41.1 Å². The Morgan fingerprint density at radius 1 is 1.11 bits per heavy atom. The van der Waals surface area contributed by atoms with Crippen LogP contribution in [0.15, 0.2) is 54.7 Å². The van der Waals surface area contributed by atoms with Crippen molar-refractivity contribution in [3.05, 3.63) is 71.7 Å². The second-order valence-electron chi connectivity index (χ2n) is 7.52. The number of rotatable bonds is 6. The van der Waals surface area contributed by atoms with Gasteiger partial charge in [0.25, 0.3) is 5.91 Å². The lowest BCUT2D eigenvalue weighted by Crippen LogP contribution is -2.35. The van der Waals surface area contributed by atoms with E-state index in [2.05, 4.69) is 45.7 Å². The molecule has 146 valence electrons. The average molecular weight is 379 g/mol. The van der Waals surface area contributed by atoms with Crippen LogP contribution >= 0.6 is 0 Å². The molecule has 2 N–H and O–H groups in total. The third-order valence-corrected chi connectivity index (χ3v) is 5.69. The standard InChI is InChI=1S/C23H26FN3O/c24-19-8-6-18(7-9-19)23(28)25-12-3-13-27-14-10-17(11-15-27)21-16-26-22-5-2-1-4-20(21)22/h1-2,4-9,16-17,26H,3,10-15H2,(H,25,28). The molecule has 2 aromatic carbocycles. The van der Waals surface area contributed by atoms with E-state index in [1.54, 1.807) is 0 Å². The van der Waals surface area contributed by atoms with Crippen molar-refractivity contribution in [2.45, 2.75) is 25.2 Å². The van der Waals surface area contributed by atoms with Crippen molar-refractivity contribution in [2.75, 3.05) is 26.2 Å². The number of piperidine rings is 1. The first-order valence-electron chi connectivity index (χ1n) is 10.0. The number of nitrogens with one attached hydrogen (secondary N) is 2. The van der Waals surface area contributed by atoms with Crippen LogP contribution in [0, 0.1) is 5.82 Å². The van der Waals surface area contributed by atoms with Crippen molar-refractivity contribution in [3.8, 4) is 0 Å². The highest BCUT2D eigenvalue weighted by Gasteiger charge is 2.22. The first-order chi connectivity index (χ1) is 13.7. The lowest BCUT2D eigenvalue weighted by Gasteiger charge is -2.32. The van der Waals surface area contributed by atoms with E-state index >= 15 is 0 Å². The summed E-state index contributed by atoms with van der Waals surface area (Å²) in [6.45, 7) is 3.81. The molecule has 0 atom stereocenters. The fourth-order valence-electron chi connectivity index (χ4n) is 4.11. The topological polar surface area (TPSA) is 48.1 Å². The van der Waals surface area contributed by atoms with Gasteiger partial charge in [-0.15, -0.1) is 0 Å². The molecule has 1 fully saturated rings. The summed E-state index contributed by atoms with van der Waals surface area (Å²) in [5.74, 6) is 0.149. The first-order valence-corrected chi connectivity index (χ1v) is 10.0. The van der Waals surface area contributed by atoms with Crippen molar-refractivity contribution >= 4 is 16.8 Å². The molecule has 0 radical (unpaired) electrons. The van der Waals surface area contributed by atoms with Gasteiger partial charge >= 0.3 is 0 Å². The van der Waals surface area contributed by atoms with Gasteiger partial charge in [0, 0.05) is 29.2 Å². The maximum absolute atomic E-state index is 12.9. The van der Waals surface area contributed by atoms with Gasteiger partial charge in [-0.05, 0) is 80.7 Å². The molecule has 1 aromatic heterocycles. The maximum atomic E-state index is 12.9. The number of benzene rings is 2. The van der Waals surface area contributed by atoms with Crippen molar-refractivity contribution in [3.63, 3.8) is 0 Å². The van der Waals surface area contributed by atoms with E-state index in [9.17, 15) is 9.18 Å². The van der Waals surface area contributed by atoms with Crippen LogP contribution < -0.4 is 5.32 Å². The highest BCUT2D eigenvalue weighted by Crippen LogP contribution is 2.32. The molecular weight excluding hydrogens is 353 g/mol. The molecule has 1 amide bonds. The zero-order chi connectivity index (χ0) is 19.3. The number of carbonyl (C=O) groups excluding carboxylic acids is 1. The molecule has 1 aliphatic heterocycles. The molecule has 0 aliphatic carbocycles. The molecular formula is C23H26FN3O. The minimum Gasteiger partial charge on any atom is -0.361 e. The highest BCUT2D eigenvalue weighted by atomic mass is 19.1. The number of aromatic amines is 1. The van der Waals surface area contributed by atoms with E-state index in [1.807, 2.05) is 0 Å². The van der Waals surface area contributed by atoms with Crippen LogP contribution in [-0.4, -0.2) is 42.0 Å². The van der Waals surface area contributed by atoms with Crippen molar-refractivity contribution in [1.82, 2.24) is 15.2 Å². The van der Waals surface area contributed by atoms with Crippen LogP contribution in [0.3, 0.4) is 0 Å². The van der Waals surface area contributed by atoms with Gasteiger partial charge in [-0.2, -0.15) is 0 Å². The molecule has 1 aliphatic rings. The maximum Gasteiger partial charge on any atom is 0.251 e. The van der Waals surface area contributed by atoms with E-state index in [4.69, 9.17) is 0 Å². The van der Waals surface area contributed by atoms with Crippen molar-refractivity contribution in [2.24, 2.45) is 0 Å². The zero-order valence-corrected chi connectivity index (χ0v) is 16.0. The predicted molar refractivity (Wildman–Crippen MR) is 110 cm³/mol. The van der Waals surface area contributed by atoms with Crippen LogP contribution in [0.4, 0.5) is 4.39 Å². The molecule has 4 nitrogen and oxygen atoms in total. The number of H-pyrrole nitrogens is 1. The molecule has 1 saturated heterocycles. The number of amides is 1. The second-order valence-corrected chi connectivity index (χ2v) is 7.52. The number of nitrogens with zero attached hydrogens (tertiary/aromatic N) is 1. The van der Waals surface area contributed by atoms with Crippen LogP contribution in [0.2, 0.25) is 0 Å². The molecule has 0 saturated carbocycles. The quantitative estimate of drug-likeness (QED) is 0.627. The van der Waals surface area contributed by atoms with Gasteiger partial charge in [-0.25, -0.2) is 4.39 Å². The average Bonchev–Trinajstić information content (AvgIpc) is 3.16. The normalized spacial score (nSPS) is 15.8. The lowest BCUT2D eigenvalue weighted by atomic mass is 9.89. The fourth-order valence-corrected chi connectivity index (χ4v) is 4.11. The minimum atomic E-state index is -0.326. The number of para-hydroxylation sites is 1. The Kier molecular flexibility index (Phi) is 5.72. The predicted octanol–water partition coefficient (Wildman–Crippen LogP) is 4.31. The number of aromatic nitrogens is 1. The molecule has 3 aromatic rings. The lowest BCUT2D eigenvalue weighted by molar-refractivity contribution is 0.0951. The number of halogens is 1. The van der Waals surface area contributed by atoms with Gasteiger partial charge in [0.1, 0.15) is 5.82 Å². The summed E-state index contributed by atoms with van der Waals surface area (Å²) in [6.07, 6.45) is 5.44. The van der Waals surface area contributed by atoms with E-state index in [-0.39, 0.29) is 11.7 Å². The Hall–Kier alpha value is -2.66. The summed E-state index contributed by atoms with van der Waals surface area (Å²) >= 11 is 0. The monoisotopic (exact) mass is 379 g/mol. The Morgan fingerprint density at radius 3 is 2.64 bits per heavy atom. The molecule has 0 unspecified atom stereocenters. The molecule has 0 spiro atoms. The molecule has 2 heterocycles. The summed E-state index contributed by atoms with van der Waals surface area (Å²) in [5, 5.41) is 4.27.